The molecule has 0 atom stereocenters. The monoisotopic (exact) mass is 359 g/mol. The van der Waals surface area contributed by atoms with Crippen LogP contribution in [-0.2, 0) is 21.8 Å². The summed E-state index contributed by atoms with van der Waals surface area (Å²) in [4.78, 5) is 0.0942. The van der Waals surface area contributed by atoms with E-state index in [1.165, 1.54) is 24.3 Å². The Labute approximate surface area is 145 Å². The molecule has 0 radical (unpaired) electrons. The number of rotatable bonds is 2. The maximum atomic E-state index is 13.4. The van der Waals surface area contributed by atoms with Crippen LogP contribution in [0, 0.1) is 5.82 Å². The smallest absolute Gasteiger partial charge is 0.206 e. The second kappa shape index (κ2) is 5.41. The van der Waals surface area contributed by atoms with E-state index < -0.39 is 15.7 Å². The molecule has 25 heavy (non-hydrogen) atoms. The number of halogens is 1. The Morgan fingerprint density at radius 1 is 1.12 bits per heavy atom. The van der Waals surface area contributed by atoms with Gasteiger partial charge in [-0.15, -0.1) is 0 Å². The minimum atomic E-state index is -3.78. The van der Waals surface area contributed by atoms with Crippen molar-refractivity contribution in [1.29, 1.82) is 0 Å². The van der Waals surface area contributed by atoms with Crippen molar-refractivity contribution in [2.75, 3.05) is 6.54 Å². The normalized spacial score (nSPS) is 16.8. The number of sulfone groups is 1. The first-order chi connectivity index (χ1) is 11.8. The molecule has 0 saturated carbocycles. The van der Waals surface area contributed by atoms with E-state index >= 15 is 0 Å². The summed E-state index contributed by atoms with van der Waals surface area (Å²) in [5.41, 5.74) is 1.41. The van der Waals surface area contributed by atoms with Crippen LogP contribution in [0.3, 0.4) is 0 Å². The van der Waals surface area contributed by atoms with E-state index in [0.29, 0.717) is 5.58 Å². The van der Waals surface area contributed by atoms with E-state index in [2.05, 4.69) is 5.32 Å². The molecule has 0 amide bonds. The number of benzene rings is 2. The molecule has 130 valence electrons. The van der Waals surface area contributed by atoms with Gasteiger partial charge in [0.1, 0.15) is 17.2 Å². The fraction of sp³-hybridized carbons (Fsp3) is 0.263. The van der Waals surface area contributed by atoms with Gasteiger partial charge in [-0.05, 0) is 56.7 Å². The summed E-state index contributed by atoms with van der Waals surface area (Å²) < 4.78 is 45.1. The standard InChI is InChI=1S/C19H18FNO3S/c1-19(2)18-15(8-9-21-19)16-11-14(6-7-17(16)24-18)25(22,23)13-5-3-4-12(20)10-13/h3-7,10-11,21H,8-9H2,1-2H3. The fourth-order valence-corrected chi connectivity index (χ4v) is 4.72. The van der Waals surface area contributed by atoms with E-state index in [4.69, 9.17) is 4.42 Å². The zero-order chi connectivity index (χ0) is 17.8. The SMILES string of the molecule is CC1(C)NCCc2c1oc1ccc(S(=O)(=O)c3cccc(F)c3)cc21. The molecule has 6 heteroatoms. The first kappa shape index (κ1) is 16.3. The summed E-state index contributed by atoms with van der Waals surface area (Å²) in [6, 6.07) is 9.89. The molecule has 3 aromatic rings. The molecule has 0 spiro atoms. The number of nitrogens with one attached hydrogen (secondary N) is 1. The number of furan rings is 1. The summed E-state index contributed by atoms with van der Waals surface area (Å²) in [7, 11) is -3.78. The molecule has 0 saturated heterocycles. The lowest BCUT2D eigenvalue weighted by Gasteiger charge is -2.29. The zero-order valence-electron chi connectivity index (χ0n) is 14.0. The van der Waals surface area contributed by atoms with Gasteiger partial charge in [0.05, 0.1) is 15.3 Å². The molecule has 0 unspecified atom stereocenters. The third-order valence-electron chi connectivity index (χ3n) is 4.69. The minimum absolute atomic E-state index is 0.0498. The van der Waals surface area contributed by atoms with Crippen LogP contribution < -0.4 is 5.32 Å². The Balaban J connectivity index is 1.90. The highest BCUT2D eigenvalue weighted by atomic mass is 32.2. The van der Waals surface area contributed by atoms with E-state index in [1.807, 2.05) is 13.8 Å². The third kappa shape index (κ3) is 2.56. The summed E-state index contributed by atoms with van der Waals surface area (Å²) in [6.07, 6.45) is 0.773. The van der Waals surface area contributed by atoms with Crippen molar-refractivity contribution in [3.8, 4) is 0 Å². The number of hydrogen-bond acceptors (Lipinski definition) is 4. The summed E-state index contributed by atoms with van der Waals surface area (Å²) >= 11 is 0. The highest BCUT2D eigenvalue weighted by molar-refractivity contribution is 7.91. The van der Waals surface area contributed by atoms with Gasteiger partial charge in [0.25, 0.3) is 0 Å². The minimum Gasteiger partial charge on any atom is -0.459 e. The highest BCUT2D eigenvalue weighted by Gasteiger charge is 2.33. The Morgan fingerprint density at radius 3 is 2.64 bits per heavy atom. The molecule has 4 nitrogen and oxygen atoms in total. The number of fused-ring (bicyclic) bond motifs is 3. The van der Waals surface area contributed by atoms with E-state index in [-0.39, 0.29) is 15.3 Å². The van der Waals surface area contributed by atoms with Crippen LogP contribution in [0.1, 0.15) is 25.2 Å². The molecule has 2 heterocycles. The molecule has 1 aliphatic rings. The van der Waals surface area contributed by atoms with Gasteiger partial charge in [0.15, 0.2) is 0 Å². The van der Waals surface area contributed by atoms with Crippen LogP contribution in [-0.4, -0.2) is 15.0 Å². The molecule has 1 N–H and O–H groups in total. The first-order valence-corrected chi connectivity index (χ1v) is 9.59. The lowest BCUT2D eigenvalue weighted by molar-refractivity contribution is 0.310. The van der Waals surface area contributed by atoms with Crippen LogP contribution >= 0.6 is 0 Å². The van der Waals surface area contributed by atoms with Crippen molar-refractivity contribution in [2.24, 2.45) is 0 Å². The Morgan fingerprint density at radius 2 is 1.88 bits per heavy atom. The van der Waals surface area contributed by atoms with Crippen molar-refractivity contribution in [1.82, 2.24) is 5.32 Å². The second-order valence-corrected chi connectivity index (χ2v) is 8.78. The molecule has 0 aliphatic carbocycles. The molecule has 0 bridgehead atoms. The van der Waals surface area contributed by atoms with Crippen molar-refractivity contribution in [3.05, 3.63) is 59.6 Å². The Kier molecular flexibility index (Phi) is 3.53. The second-order valence-electron chi connectivity index (χ2n) is 6.83. The van der Waals surface area contributed by atoms with Crippen molar-refractivity contribution in [2.45, 2.75) is 35.6 Å². The maximum Gasteiger partial charge on any atom is 0.206 e. The van der Waals surface area contributed by atoms with Gasteiger partial charge in [-0.25, -0.2) is 12.8 Å². The van der Waals surface area contributed by atoms with E-state index in [1.54, 1.807) is 12.1 Å². The number of hydrogen-bond donors (Lipinski definition) is 1. The quantitative estimate of drug-likeness (QED) is 0.756. The van der Waals surface area contributed by atoms with E-state index in [9.17, 15) is 12.8 Å². The predicted molar refractivity (Wildman–Crippen MR) is 92.8 cm³/mol. The summed E-state index contributed by atoms with van der Waals surface area (Å²) in [6.45, 7) is 4.88. The third-order valence-corrected chi connectivity index (χ3v) is 6.44. The van der Waals surface area contributed by atoms with Crippen LogP contribution in [0.5, 0.6) is 0 Å². The van der Waals surface area contributed by atoms with Crippen LogP contribution in [0.4, 0.5) is 4.39 Å². The largest absolute Gasteiger partial charge is 0.459 e. The first-order valence-electron chi connectivity index (χ1n) is 8.11. The van der Waals surface area contributed by atoms with Gasteiger partial charge >= 0.3 is 0 Å². The molecule has 2 aromatic carbocycles. The molecular formula is C19H18FNO3S. The van der Waals surface area contributed by atoms with Gasteiger partial charge in [-0.2, -0.15) is 0 Å². The van der Waals surface area contributed by atoms with Crippen molar-refractivity contribution < 1.29 is 17.2 Å². The van der Waals surface area contributed by atoms with Crippen LogP contribution in [0.2, 0.25) is 0 Å². The average Bonchev–Trinajstić information content (AvgIpc) is 2.94. The lowest BCUT2D eigenvalue weighted by Crippen LogP contribution is -2.41. The van der Waals surface area contributed by atoms with Gasteiger partial charge in [-0.1, -0.05) is 6.07 Å². The van der Waals surface area contributed by atoms with E-state index in [0.717, 1.165) is 35.7 Å². The maximum absolute atomic E-state index is 13.4. The fourth-order valence-electron chi connectivity index (χ4n) is 3.40. The molecule has 0 fully saturated rings. The van der Waals surface area contributed by atoms with Gasteiger partial charge in [0.2, 0.25) is 9.84 Å². The Hall–Kier alpha value is -2.18. The zero-order valence-corrected chi connectivity index (χ0v) is 14.8. The summed E-state index contributed by atoms with van der Waals surface area (Å²) in [5.74, 6) is 0.268. The molecular weight excluding hydrogens is 341 g/mol. The molecule has 4 rings (SSSR count). The molecule has 1 aromatic heterocycles. The van der Waals surface area contributed by atoms with Gasteiger partial charge in [0, 0.05) is 17.5 Å². The van der Waals surface area contributed by atoms with Crippen LogP contribution in [0.25, 0.3) is 11.0 Å². The summed E-state index contributed by atoms with van der Waals surface area (Å²) in [5, 5.41) is 4.21. The molecule has 1 aliphatic heterocycles. The lowest BCUT2D eigenvalue weighted by atomic mass is 9.91. The highest BCUT2D eigenvalue weighted by Crippen LogP contribution is 2.37. The van der Waals surface area contributed by atoms with Crippen LogP contribution in [0.15, 0.2) is 56.7 Å². The van der Waals surface area contributed by atoms with Crippen molar-refractivity contribution >= 4 is 20.8 Å². The average molecular weight is 359 g/mol. The Bertz CT molecular complexity index is 1080. The predicted octanol–water partition coefficient (Wildman–Crippen LogP) is 3.79. The topological polar surface area (TPSA) is 59.3 Å². The van der Waals surface area contributed by atoms with Gasteiger partial charge < -0.3 is 9.73 Å². The van der Waals surface area contributed by atoms with Crippen molar-refractivity contribution in [3.63, 3.8) is 0 Å². The van der Waals surface area contributed by atoms with Gasteiger partial charge in [-0.3, -0.25) is 0 Å².